The van der Waals surface area contributed by atoms with Gasteiger partial charge in [0.25, 0.3) is 0 Å². The molecule has 0 aliphatic carbocycles. The predicted molar refractivity (Wildman–Crippen MR) is 93.7 cm³/mol. The second-order valence-electron chi connectivity index (χ2n) is 6.49. The molecule has 2 aliphatic rings. The van der Waals surface area contributed by atoms with E-state index in [-0.39, 0.29) is 12.0 Å². The maximum atomic E-state index is 12.1. The number of rotatable bonds is 6. The first-order valence-corrected chi connectivity index (χ1v) is 8.91. The lowest BCUT2D eigenvalue weighted by atomic mass is 9.86. The molecule has 2 rings (SSSR count). The van der Waals surface area contributed by atoms with Crippen molar-refractivity contribution in [3.05, 3.63) is 23.5 Å². The van der Waals surface area contributed by atoms with E-state index in [0.717, 1.165) is 6.26 Å². The molecule has 4 N–H and O–H groups in total. The van der Waals surface area contributed by atoms with Gasteiger partial charge in [-0.05, 0) is 6.92 Å². The molecule has 7 atom stereocenters. The van der Waals surface area contributed by atoms with Crippen LogP contribution < -0.4 is 0 Å². The zero-order chi connectivity index (χ0) is 21.7. The minimum atomic E-state index is -1.64. The molecule has 0 unspecified atom stereocenters. The fourth-order valence-corrected chi connectivity index (χ4v) is 3.18. The van der Waals surface area contributed by atoms with Gasteiger partial charge < -0.3 is 44.1 Å². The van der Waals surface area contributed by atoms with E-state index in [9.17, 15) is 30.0 Å². The van der Waals surface area contributed by atoms with Crippen molar-refractivity contribution in [2.75, 3.05) is 20.8 Å². The first-order valence-electron chi connectivity index (χ1n) is 8.91. The fraction of sp³-hybridized carbons (Fsp3) is 0.667. The Bertz CT molecular complexity index is 656. The molecule has 1 fully saturated rings. The molecular formula is C18H26O11. The van der Waals surface area contributed by atoms with E-state index in [1.165, 1.54) is 14.2 Å². The number of methoxy groups -OCH3 is 2. The number of esters is 2. The highest BCUT2D eigenvalue weighted by molar-refractivity contribution is 5.90. The van der Waals surface area contributed by atoms with Crippen molar-refractivity contribution in [2.24, 2.45) is 5.92 Å². The van der Waals surface area contributed by atoms with Crippen LogP contribution in [-0.4, -0.2) is 90.2 Å². The summed E-state index contributed by atoms with van der Waals surface area (Å²) in [6.45, 7) is 1.01. The van der Waals surface area contributed by atoms with Gasteiger partial charge in [0.1, 0.15) is 24.4 Å². The lowest BCUT2D eigenvalue weighted by molar-refractivity contribution is -0.327. The average molecular weight is 418 g/mol. The molecule has 1 saturated heterocycles. The molecule has 2 heterocycles. The lowest BCUT2D eigenvalue weighted by Gasteiger charge is -2.41. The summed E-state index contributed by atoms with van der Waals surface area (Å²) in [6, 6.07) is 0. The Balaban J connectivity index is 2.27. The van der Waals surface area contributed by atoms with Crippen LogP contribution in [0.15, 0.2) is 23.5 Å². The van der Waals surface area contributed by atoms with Gasteiger partial charge in [-0.2, -0.15) is 0 Å². The lowest BCUT2D eigenvalue weighted by Crippen LogP contribution is -2.60. The van der Waals surface area contributed by atoms with Crippen molar-refractivity contribution in [2.45, 2.75) is 50.3 Å². The summed E-state index contributed by atoms with van der Waals surface area (Å²) in [7, 11) is 2.39. The van der Waals surface area contributed by atoms with E-state index in [1.54, 1.807) is 13.0 Å². The number of aliphatic hydroxyl groups is 4. The minimum absolute atomic E-state index is 0.0691. The van der Waals surface area contributed by atoms with Crippen LogP contribution in [-0.2, 0) is 33.3 Å². The van der Waals surface area contributed by atoms with Crippen LogP contribution in [0.5, 0.6) is 0 Å². The van der Waals surface area contributed by atoms with Crippen LogP contribution in [0.3, 0.4) is 0 Å². The molecule has 0 bridgehead atoms. The Labute approximate surface area is 167 Å². The van der Waals surface area contributed by atoms with E-state index in [0.29, 0.717) is 5.57 Å². The van der Waals surface area contributed by atoms with Gasteiger partial charge >= 0.3 is 11.9 Å². The molecule has 0 spiro atoms. The highest BCUT2D eigenvalue weighted by Crippen LogP contribution is 2.36. The monoisotopic (exact) mass is 418 g/mol. The Morgan fingerprint density at radius 3 is 2.38 bits per heavy atom. The summed E-state index contributed by atoms with van der Waals surface area (Å²) >= 11 is 0. The number of ether oxygens (including phenoxy) is 5. The first-order chi connectivity index (χ1) is 13.8. The topological polar surface area (TPSA) is 161 Å². The minimum Gasteiger partial charge on any atom is -0.469 e. The van der Waals surface area contributed by atoms with Crippen LogP contribution in [0.4, 0.5) is 0 Å². The number of allylic oxidation sites excluding steroid dienone is 1. The molecular weight excluding hydrogens is 392 g/mol. The van der Waals surface area contributed by atoms with Crippen molar-refractivity contribution in [3.8, 4) is 0 Å². The van der Waals surface area contributed by atoms with Crippen LogP contribution in [0.25, 0.3) is 0 Å². The number of carbonyl (C=O) groups is 2. The van der Waals surface area contributed by atoms with Gasteiger partial charge in [0, 0.05) is 11.5 Å². The second kappa shape index (κ2) is 10.1. The zero-order valence-corrected chi connectivity index (χ0v) is 16.3. The molecule has 11 heteroatoms. The maximum Gasteiger partial charge on any atom is 0.337 e. The Morgan fingerprint density at radius 2 is 1.83 bits per heavy atom. The van der Waals surface area contributed by atoms with Crippen LogP contribution in [0.1, 0.15) is 13.3 Å². The summed E-state index contributed by atoms with van der Waals surface area (Å²) < 4.78 is 25.8. The average Bonchev–Trinajstić information content (AvgIpc) is 2.73. The van der Waals surface area contributed by atoms with Gasteiger partial charge in [0.15, 0.2) is 6.29 Å². The van der Waals surface area contributed by atoms with E-state index in [2.05, 4.69) is 4.74 Å². The van der Waals surface area contributed by atoms with Crippen molar-refractivity contribution >= 4 is 11.9 Å². The molecule has 0 amide bonds. The van der Waals surface area contributed by atoms with E-state index < -0.39 is 61.5 Å². The smallest absolute Gasteiger partial charge is 0.337 e. The van der Waals surface area contributed by atoms with Gasteiger partial charge in [-0.1, -0.05) is 6.08 Å². The molecule has 0 aromatic carbocycles. The third kappa shape index (κ3) is 4.94. The predicted octanol–water partition coefficient (Wildman–Crippen LogP) is -1.66. The third-order valence-corrected chi connectivity index (χ3v) is 4.83. The Kier molecular flexibility index (Phi) is 8.14. The van der Waals surface area contributed by atoms with Crippen LogP contribution in [0.2, 0.25) is 0 Å². The van der Waals surface area contributed by atoms with E-state index >= 15 is 0 Å². The summed E-state index contributed by atoms with van der Waals surface area (Å²) in [4.78, 5) is 23.9. The van der Waals surface area contributed by atoms with Crippen molar-refractivity contribution < 1.29 is 53.7 Å². The number of hydrogen-bond donors (Lipinski definition) is 4. The quantitative estimate of drug-likeness (QED) is 0.289. The molecule has 29 heavy (non-hydrogen) atoms. The normalized spacial score (nSPS) is 36.2. The van der Waals surface area contributed by atoms with Gasteiger partial charge in [0.2, 0.25) is 6.29 Å². The van der Waals surface area contributed by atoms with Gasteiger partial charge in [0.05, 0.1) is 39.1 Å². The summed E-state index contributed by atoms with van der Waals surface area (Å²) in [6.07, 6.45) is -6.17. The van der Waals surface area contributed by atoms with Crippen molar-refractivity contribution in [3.63, 3.8) is 0 Å². The molecule has 164 valence electrons. The fourth-order valence-electron chi connectivity index (χ4n) is 3.18. The Hall–Kier alpha value is -2.02. The van der Waals surface area contributed by atoms with Crippen molar-refractivity contribution in [1.29, 1.82) is 0 Å². The largest absolute Gasteiger partial charge is 0.469 e. The first kappa shape index (κ1) is 23.3. The standard InChI is InChI=1S/C18H26O11/c1-4-8-9(5-12(20)25-2)10(16(24)26-3)7-27-17(8)29-18-15(23)14(22)13(21)11(6-19)28-18/h4,7,9,11,13-15,17-19,21-23H,5-6H2,1-3H3/b8-4+/t9-,11-,13-,14-,15+,17-,18-/m0/s1. The summed E-state index contributed by atoms with van der Waals surface area (Å²) in [5, 5.41) is 39.2. The number of carbonyl (C=O) groups excluding carboxylic acids is 2. The summed E-state index contributed by atoms with van der Waals surface area (Å²) in [5.74, 6) is -2.08. The SMILES string of the molecule is C/C=C1/[C@H](O[C@@H]2O[C@@H](CO)[C@H](O)[C@H](O)[C@H]2O)OC=C(C(=O)OC)[C@H]1CC(=O)OC. The second-order valence-corrected chi connectivity index (χ2v) is 6.49. The van der Waals surface area contributed by atoms with Gasteiger partial charge in [-0.15, -0.1) is 0 Å². The maximum absolute atomic E-state index is 12.1. The van der Waals surface area contributed by atoms with Crippen LogP contribution in [0, 0.1) is 5.92 Å². The van der Waals surface area contributed by atoms with Crippen LogP contribution >= 0.6 is 0 Å². The highest BCUT2D eigenvalue weighted by Gasteiger charge is 2.46. The molecule has 0 aromatic heterocycles. The summed E-state index contributed by atoms with van der Waals surface area (Å²) in [5.41, 5.74) is 0.426. The van der Waals surface area contributed by atoms with Crippen molar-refractivity contribution in [1.82, 2.24) is 0 Å². The molecule has 11 nitrogen and oxygen atoms in total. The molecule has 2 aliphatic heterocycles. The third-order valence-electron chi connectivity index (χ3n) is 4.83. The van der Waals surface area contributed by atoms with Gasteiger partial charge in [-0.3, -0.25) is 4.79 Å². The van der Waals surface area contributed by atoms with E-state index in [1.807, 2.05) is 0 Å². The Morgan fingerprint density at radius 1 is 1.14 bits per heavy atom. The molecule has 0 radical (unpaired) electrons. The highest BCUT2D eigenvalue weighted by atomic mass is 16.8. The zero-order valence-electron chi connectivity index (χ0n) is 16.3. The van der Waals surface area contributed by atoms with E-state index in [4.69, 9.17) is 18.9 Å². The number of hydrogen-bond acceptors (Lipinski definition) is 11. The molecule has 0 aromatic rings. The molecule has 0 saturated carbocycles. The van der Waals surface area contributed by atoms with Gasteiger partial charge in [-0.25, -0.2) is 4.79 Å². The number of aliphatic hydroxyl groups excluding tert-OH is 4.